The molecule has 1 fully saturated rings. The SMILES string of the molecule is [Br-].c1ccc([P+](CCNC2CCCCC2)(c2ccccc2)c2ccccc2)cc1. The van der Waals surface area contributed by atoms with E-state index >= 15 is 0 Å². The van der Waals surface area contributed by atoms with E-state index in [-0.39, 0.29) is 17.0 Å². The van der Waals surface area contributed by atoms with Crippen LogP contribution in [0.3, 0.4) is 0 Å². The molecular weight excluding hydrogens is 437 g/mol. The molecule has 0 bridgehead atoms. The van der Waals surface area contributed by atoms with Gasteiger partial charge in [-0.1, -0.05) is 73.9 Å². The molecule has 0 spiro atoms. The number of benzene rings is 3. The largest absolute Gasteiger partial charge is 1.00 e. The third-order valence-electron chi connectivity index (χ3n) is 6.08. The Hall–Kier alpha value is -1.47. The first-order valence-electron chi connectivity index (χ1n) is 10.7. The molecule has 3 heteroatoms. The van der Waals surface area contributed by atoms with Crippen molar-refractivity contribution in [3.63, 3.8) is 0 Å². The van der Waals surface area contributed by atoms with Gasteiger partial charge in [-0.2, -0.15) is 0 Å². The van der Waals surface area contributed by atoms with Crippen LogP contribution in [-0.2, 0) is 0 Å². The van der Waals surface area contributed by atoms with Crippen LogP contribution in [0.25, 0.3) is 0 Å². The van der Waals surface area contributed by atoms with Crippen LogP contribution in [0.15, 0.2) is 91.0 Å². The van der Waals surface area contributed by atoms with Gasteiger partial charge < -0.3 is 22.3 Å². The van der Waals surface area contributed by atoms with E-state index in [1.54, 1.807) is 0 Å². The second kappa shape index (κ2) is 11.1. The van der Waals surface area contributed by atoms with Gasteiger partial charge in [-0.15, -0.1) is 0 Å². The van der Waals surface area contributed by atoms with Crippen molar-refractivity contribution in [1.82, 2.24) is 5.32 Å². The van der Waals surface area contributed by atoms with Crippen molar-refractivity contribution in [2.45, 2.75) is 38.1 Å². The van der Waals surface area contributed by atoms with E-state index in [2.05, 4.69) is 96.3 Å². The topological polar surface area (TPSA) is 12.0 Å². The fourth-order valence-electron chi connectivity index (χ4n) is 4.63. The number of rotatable bonds is 7. The van der Waals surface area contributed by atoms with Gasteiger partial charge >= 0.3 is 0 Å². The summed E-state index contributed by atoms with van der Waals surface area (Å²) in [6.07, 6.45) is 8.03. The normalized spacial score (nSPS) is 14.9. The molecule has 1 nitrogen and oxygen atoms in total. The number of hydrogen-bond acceptors (Lipinski definition) is 1. The zero-order valence-corrected chi connectivity index (χ0v) is 19.5. The molecule has 0 saturated heterocycles. The quantitative estimate of drug-likeness (QED) is 0.523. The van der Waals surface area contributed by atoms with Gasteiger partial charge in [-0.3, -0.25) is 0 Å². The van der Waals surface area contributed by atoms with Crippen molar-refractivity contribution in [1.29, 1.82) is 0 Å². The molecule has 152 valence electrons. The number of hydrogen-bond donors (Lipinski definition) is 1. The summed E-state index contributed by atoms with van der Waals surface area (Å²) in [6, 6.07) is 34.4. The molecule has 4 rings (SSSR count). The minimum absolute atomic E-state index is 0. The smallest absolute Gasteiger partial charge is 0.113 e. The Morgan fingerprint density at radius 3 is 1.45 bits per heavy atom. The summed E-state index contributed by atoms with van der Waals surface area (Å²) in [5, 5.41) is 8.37. The molecule has 0 heterocycles. The van der Waals surface area contributed by atoms with Gasteiger partial charge in [0, 0.05) is 12.6 Å². The van der Waals surface area contributed by atoms with Crippen LogP contribution in [-0.4, -0.2) is 18.7 Å². The maximum atomic E-state index is 3.91. The summed E-state index contributed by atoms with van der Waals surface area (Å²) < 4.78 is 0. The molecule has 1 N–H and O–H groups in total. The van der Waals surface area contributed by atoms with Crippen LogP contribution in [0.2, 0.25) is 0 Å². The molecule has 0 radical (unpaired) electrons. The lowest BCUT2D eigenvalue weighted by molar-refractivity contribution is -0.00000563. The Morgan fingerprint density at radius 2 is 1.03 bits per heavy atom. The molecule has 3 aromatic carbocycles. The zero-order chi connectivity index (χ0) is 19.1. The van der Waals surface area contributed by atoms with Crippen LogP contribution in [0.5, 0.6) is 0 Å². The van der Waals surface area contributed by atoms with Gasteiger partial charge in [0.05, 0.1) is 6.16 Å². The van der Waals surface area contributed by atoms with E-state index in [9.17, 15) is 0 Å². The van der Waals surface area contributed by atoms with Crippen molar-refractivity contribution < 1.29 is 17.0 Å². The van der Waals surface area contributed by atoms with Crippen LogP contribution in [0.4, 0.5) is 0 Å². The van der Waals surface area contributed by atoms with Crippen molar-refractivity contribution in [2.75, 3.05) is 12.7 Å². The maximum absolute atomic E-state index is 3.91. The fraction of sp³-hybridized carbons (Fsp3) is 0.308. The molecule has 29 heavy (non-hydrogen) atoms. The lowest BCUT2D eigenvalue weighted by Gasteiger charge is -2.29. The van der Waals surface area contributed by atoms with Crippen molar-refractivity contribution in [3.05, 3.63) is 91.0 Å². The van der Waals surface area contributed by atoms with Gasteiger partial charge in [0.15, 0.2) is 0 Å². The van der Waals surface area contributed by atoms with Crippen LogP contribution < -0.4 is 38.2 Å². The predicted octanol–water partition coefficient (Wildman–Crippen LogP) is 1.91. The third kappa shape index (κ3) is 5.18. The van der Waals surface area contributed by atoms with Crippen molar-refractivity contribution >= 4 is 23.2 Å². The monoisotopic (exact) mass is 467 g/mol. The molecule has 0 unspecified atom stereocenters. The van der Waals surface area contributed by atoms with E-state index in [1.165, 1.54) is 54.2 Å². The second-order valence-corrected chi connectivity index (χ2v) is 11.4. The summed E-state index contributed by atoms with van der Waals surface area (Å²) in [7, 11) is -1.68. The van der Waals surface area contributed by atoms with E-state index in [0.717, 1.165) is 6.54 Å². The fourth-order valence-corrected chi connectivity index (χ4v) is 8.80. The highest BCUT2D eigenvalue weighted by molar-refractivity contribution is 7.95. The Labute approximate surface area is 187 Å². The summed E-state index contributed by atoms with van der Waals surface area (Å²) in [5.74, 6) is 0. The van der Waals surface area contributed by atoms with Gasteiger partial charge in [-0.25, -0.2) is 0 Å². The summed E-state index contributed by atoms with van der Waals surface area (Å²) >= 11 is 0. The maximum Gasteiger partial charge on any atom is 0.113 e. The van der Waals surface area contributed by atoms with E-state index in [4.69, 9.17) is 0 Å². The highest BCUT2D eigenvalue weighted by Crippen LogP contribution is 2.54. The highest BCUT2D eigenvalue weighted by atomic mass is 79.9. The minimum atomic E-state index is -1.68. The molecule has 3 aromatic rings. The second-order valence-electron chi connectivity index (χ2n) is 7.83. The molecule has 1 aliphatic carbocycles. The first-order valence-corrected chi connectivity index (χ1v) is 12.7. The van der Waals surface area contributed by atoms with Gasteiger partial charge in [0.1, 0.15) is 23.2 Å². The Bertz CT molecular complexity index is 736. The van der Waals surface area contributed by atoms with Gasteiger partial charge in [0.25, 0.3) is 0 Å². The molecule has 0 aromatic heterocycles. The molecule has 1 saturated carbocycles. The predicted molar refractivity (Wildman–Crippen MR) is 125 cm³/mol. The molecule has 1 aliphatic rings. The summed E-state index contributed by atoms with van der Waals surface area (Å²) in [5.41, 5.74) is 0. The van der Waals surface area contributed by atoms with E-state index < -0.39 is 7.26 Å². The first kappa shape index (κ1) is 22.2. The van der Waals surface area contributed by atoms with Crippen LogP contribution in [0, 0.1) is 0 Å². The Balaban J connectivity index is 0.00000240. The number of halogens is 1. The summed E-state index contributed by atoms with van der Waals surface area (Å²) in [6.45, 7) is 1.08. The number of nitrogens with one attached hydrogen (secondary N) is 1. The Kier molecular flexibility index (Phi) is 8.48. The van der Waals surface area contributed by atoms with Gasteiger partial charge in [0.2, 0.25) is 0 Å². The summed E-state index contributed by atoms with van der Waals surface area (Å²) in [4.78, 5) is 0. The lowest BCUT2D eigenvalue weighted by atomic mass is 9.96. The zero-order valence-electron chi connectivity index (χ0n) is 17.0. The Morgan fingerprint density at radius 1 is 0.621 bits per heavy atom. The van der Waals surface area contributed by atoms with E-state index in [1.807, 2.05) is 0 Å². The third-order valence-corrected chi connectivity index (χ3v) is 10.5. The molecule has 0 aliphatic heterocycles. The minimum Gasteiger partial charge on any atom is -1.00 e. The van der Waals surface area contributed by atoms with Crippen LogP contribution in [0.1, 0.15) is 32.1 Å². The molecular formula is C26H31BrNP. The molecule has 0 atom stereocenters. The van der Waals surface area contributed by atoms with Crippen molar-refractivity contribution in [2.24, 2.45) is 0 Å². The molecule has 0 amide bonds. The van der Waals surface area contributed by atoms with Crippen molar-refractivity contribution in [3.8, 4) is 0 Å². The average Bonchev–Trinajstić information content (AvgIpc) is 2.79. The average molecular weight is 468 g/mol. The van der Waals surface area contributed by atoms with Gasteiger partial charge in [-0.05, 0) is 49.2 Å². The van der Waals surface area contributed by atoms with E-state index in [0.29, 0.717) is 6.04 Å². The standard InChI is InChI=1S/C26H31NP.BrH/c1-5-13-23(14-6-1)27-21-22-28(24-15-7-2-8-16-24,25-17-9-3-10-18-25)26-19-11-4-12-20-26;/h2-4,7-12,15-20,23,27H,1,5-6,13-14,21-22H2;1H/q+1;/p-1. The highest BCUT2D eigenvalue weighted by Gasteiger charge is 2.44. The first-order chi connectivity index (χ1) is 13.9. The van der Waals surface area contributed by atoms with Crippen LogP contribution >= 0.6 is 7.26 Å². The lowest BCUT2D eigenvalue weighted by Crippen LogP contribution is -3.00.